The highest BCUT2D eigenvalue weighted by molar-refractivity contribution is 9.10. The van der Waals surface area contributed by atoms with Gasteiger partial charge in [-0.25, -0.2) is 8.42 Å². The molecule has 1 atom stereocenters. The molecule has 0 unspecified atom stereocenters. The van der Waals surface area contributed by atoms with Gasteiger partial charge in [-0.15, -0.1) is 0 Å². The molecule has 4 aromatic rings. The van der Waals surface area contributed by atoms with Gasteiger partial charge in [0.25, 0.3) is 10.0 Å². The van der Waals surface area contributed by atoms with Gasteiger partial charge < -0.3 is 10.2 Å². The third-order valence-corrected chi connectivity index (χ3v) is 11.3. The molecule has 0 saturated heterocycles. The first kappa shape index (κ1) is 35.4. The lowest BCUT2D eigenvalue weighted by Gasteiger charge is -2.35. The Labute approximate surface area is 293 Å². The molecule has 1 N–H and O–H groups in total. The van der Waals surface area contributed by atoms with Gasteiger partial charge >= 0.3 is 0 Å². The number of carbonyl (C=O) groups excluding carboxylic acids is 2. The molecule has 0 spiro atoms. The van der Waals surface area contributed by atoms with E-state index in [1.54, 1.807) is 35.2 Å². The fourth-order valence-electron chi connectivity index (χ4n) is 6.22. The van der Waals surface area contributed by atoms with Crippen LogP contribution in [0.2, 0.25) is 0 Å². The van der Waals surface area contributed by atoms with Gasteiger partial charge in [0.05, 0.1) is 10.6 Å². The van der Waals surface area contributed by atoms with E-state index in [-0.39, 0.29) is 29.8 Å². The van der Waals surface area contributed by atoms with Crippen LogP contribution in [-0.4, -0.2) is 43.8 Å². The molecule has 0 heterocycles. The van der Waals surface area contributed by atoms with Crippen LogP contribution in [-0.2, 0) is 32.6 Å². The van der Waals surface area contributed by atoms with Gasteiger partial charge in [0.2, 0.25) is 11.8 Å². The van der Waals surface area contributed by atoms with E-state index >= 15 is 0 Å². The van der Waals surface area contributed by atoms with Crippen molar-refractivity contribution in [3.63, 3.8) is 0 Å². The number of sulfonamides is 1. The Balaban J connectivity index is 1.58. The topological polar surface area (TPSA) is 86.8 Å². The summed E-state index contributed by atoms with van der Waals surface area (Å²) < 4.78 is 30.9. The number of anilines is 1. The summed E-state index contributed by atoms with van der Waals surface area (Å²) in [5, 5.41) is 3.26. The van der Waals surface area contributed by atoms with Crippen LogP contribution in [0.1, 0.15) is 59.9 Å². The fraction of sp³-hybridized carbons (Fsp3) is 0.333. The van der Waals surface area contributed by atoms with Crippen LogP contribution in [0.15, 0.2) is 106 Å². The molecule has 2 amide bonds. The summed E-state index contributed by atoms with van der Waals surface area (Å²) in [7, 11) is -4.17. The number of aryl methyl sites for hydroxylation is 3. The molecule has 0 bridgehead atoms. The summed E-state index contributed by atoms with van der Waals surface area (Å²) in [4.78, 5) is 30.7. The zero-order valence-corrected chi connectivity index (χ0v) is 30.3. The van der Waals surface area contributed by atoms with Crippen molar-refractivity contribution in [1.82, 2.24) is 10.2 Å². The SMILES string of the molecule is Cc1ccc(S(=O)(=O)N(CC(=O)N(Cc2ccc(Br)cc2)[C@H](Cc2ccccc2)C(=O)NC2CCCCC2)c2cc(C)ccc2C)cc1. The van der Waals surface area contributed by atoms with Crippen LogP contribution >= 0.6 is 15.9 Å². The lowest BCUT2D eigenvalue weighted by atomic mass is 9.94. The molecule has 0 aromatic heterocycles. The molecule has 9 heteroatoms. The molecule has 252 valence electrons. The van der Waals surface area contributed by atoms with Gasteiger partial charge in [-0.2, -0.15) is 0 Å². The lowest BCUT2D eigenvalue weighted by molar-refractivity contribution is -0.140. The lowest BCUT2D eigenvalue weighted by Crippen LogP contribution is -2.55. The molecule has 5 rings (SSSR count). The summed E-state index contributed by atoms with van der Waals surface area (Å²) >= 11 is 3.49. The van der Waals surface area contributed by atoms with Gasteiger partial charge in [-0.05, 0) is 86.2 Å². The summed E-state index contributed by atoms with van der Waals surface area (Å²) in [5.74, 6) is -0.690. The van der Waals surface area contributed by atoms with Crippen LogP contribution < -0.4 is 9.62 Å². The largest absolute Gasteiger partial charge is 0.352 e. The van der Waals surface area contributed by atoms with Gasteiger partial charge in [-0.3, -0.25) is 13.9 Å². The minimum Gasteiger partial charge on any atom is -0.352 e. The minimum absolute atomic E-state index is 0.0440. The van der Waals surface area contributed by atoms with Gasteiger partial charge in [0, 0.05) is 23.5 Å². The average Bonchev–Trinajstić information content (AvgIpc) is 3.08. The van der Waals surface area contributed by atoms with Crippen molar-refractivity contribution in [2.24, 2.45) is 0 Å². The summed E-state index contributed by atoms with van der Waals surface area (Å²) in [5.41, 5.74) is 4.69. The summed E-state index contributed by atoms with van der Waals surface area (Å²) in [6.45, 7) is 5.29. The smallest absolute Gasteiger partial charge is 0.264 e. The molecule has 7 nitrogen and oxygen atoms in total. The highest BCUT2D eigenvalue weighted by atomic mass is 79.9. The predicted molar refractivity (Wildman–Crippen MR) is 195 cm³/mol. The number of nitrogens with zero attached hydrogens (tertiary/aromatic N) is 2. The van der Waals surface area contributed by atoms with Crippen molar-refractivity contribution in [2.45, 2.75) is 82.8 Å². The molecule has 4 aromatic carbocycles. The number of carbonyl (C=O) groups is 2. The second kappa shape index (κ2) is 16.0. The first-order valence-electron chi connectivity index (χ1n) is 16.6. The third-order valence-electron chi connectivity index (χ3n) is 9.01. The van der Waals surface area contributed by atoms with Crippen LogP contribution in [0.3, 0.4) is 0 Å². The van der Waals surface area contributed by atoms with Crippen LogP contribution in [0, 0.1) is 20.8 Å². The Morgan fingerprint density at radius 2 is 1.46 bits per heavy atom. The molecular formula is C39H44BrN3O4S. The first-order chi connectivity index (χ1) is 23.0. The number of hydrogen-bond acceptors (Lipinski definition) is 4. The van der Waals surface area contributed by atoms with E-state index in [4.69, 9.17) is 0 Å². The van der Waals surface area contributed by atoms with Crippen molar-refractivity contribution >= 4 is 43.5 Å². The van der Waals surface area contributed by atoms with Crippen molar-refractivity contribution in [3.8, 4) is 0 Å². The fourth-order valence-corrected chi connectivity index (χ4v) is 7.96. The van der Waals surface area contributed by atoms with E-state index < -0.39 is 28.5 Å². The molecule has 1 saturated carbocycles. The standard InChI is InChI=1S/C39H44BrN3O4S/c1-28-15-22-35(23-16-28)48(46,47)43(36-24-29(2)14-17-30(36)3)27-38(44)42(26-32-18-20-33(40)21-19-32)37(25-31-10-6-4-7-11-31)39(45)41-34-12-8-5-9-13-34/h4,6-7,10-11,14-24,34,37H,5,8-9,12-13,25-27H2,1-3H3,(H,41,45)/t37-/m1/s1. The minimum atomic E-state index is -4.17. The zero-order chi connectivity index (χ0) is 34.3. The molecule has 48 heavy (non-hydrogen) atoms. The maximum atomic E-state index is 14.8. The van der Waals surface area contributed by atoms with Crippen LogP contribution in [0.4, 0.5) is 5.69 Å². The summed E-state index contributed by atoms with van der Waals surface area (Å²) in [6.07, 6.45) is 5.35. The van der Waals surface area contributed by atoms with E-state index in [0.29, 0.717) is 5.69 Å². The number of benzene rings is 4. The molecule has 0 radical (unpaired) electrons. The number of amides is 2. The van der Waals surface area contributed by atoms with Gasteiger partial charge in [0.15, 0.2) is 0 Å². The maximum absolute atomic E-state index is 14.8. The highest BCUT2D eigenvalue weighted by Gasteiger charge is 2.36. The second-order valence-corrected chi connectivity index (χ2v) is 15.6. The number of rotatable bonds is 12. The van der Waals surface area contributed by atoms with E-state index in [1.165, 1.54) is 4.31 Å². The number of halogens is 1. The monoisotopic (exact) mass is 729 g/mol. The Morgan fingerprint density at radius 1 is 0.812 bits per heavy atom. The van der Waals surface area contributed by atoms with Crippen molar-refractivity contribution < 1.29 is 18.0 Å². The van der Waals surface area contributed by atoms with Crippen LogP contribution in [0.5, 0.6) is 0 Å². The molecule has 1 fully saturated rings. The van der Waals surface area contributed by atoms with E-state index in [2.05, 4.69) is 21.2 Å². The molecule has 1 aliphatic carbocycles. The predicted octanol–water partition coefficient (Wildman–Crippen LogP) is 7.66. The Bertz CT molecular complexity index is 1810. The zero-order valence-electron chi connectivity index (χ0n) is 27.9. The Morgan fingerprint density at radius 3 is 2.12 bits per heavy atom. The van der Waals surface area contributed by atoms with Gasteiger partial charge in [0.1, 0.15) is 12.6 Å². The third kappa shape index (κ3) is 8.94. The maximum Gasteiger partial charge on any atom is 0.264 e. The van der Waals surface area contributed by atoms with E-state index in [0.717, 1.165) is 64.4 Å². The molecule has 1 aliphatic rings. The van der Waals surface area contributed by atoms with E-state index in [9.17, 15) is 18.0 Å². The van der Waals surface area contributed by atoms with Crippen molar-refractivity contribution in [1.29, 1.82) is 0 Å². The highest BCUT2D eigenvalue weighted by Crippen LogP contribution is 2.29. The van der Waals surface area contributed by atoms with Crippen molar-refractivity contribution in [2.75, 3.05) is 10.8 Å². The number of nitrogens with one attached hydrogen (secondary N) is 1. The number of hydrogen-bond donors (Lipinski definition) is 1. The van der Waals surface area contributed by atoms with E-state index in [1.807, 2.05) is 87.5 Å². The normalized spacial score (nSPS) is 14.2. The average molecular weight is 731 g/mol. The molecule has 0 aliphatic heterocycles. The molecular weight excluding hydrogens is 686 g/mol. The quantitative estimate of drug-likeness (QED) is 0.162. The first-order valence-corrected chi connectivity index (χ1v) is 18.8. The Kier molecular flexibility index (Phi) is 11.8. The van der Waals surface area contributed by atoms with Crippen molar-refractivity contribution in [3.05, 3.63) is 129 Å². The second-order valence-electron chi connectivity index (χ2n) is 12.8. The Hall–Kier alpha value is -3.95. The summed E-state index contributed by atoms with van der Waals surface area (Å²) in [6, 6.07) is 28.7. The van der Waals surface area contributed by atoms with Gasteiger partial charge in [-0.1, -0.05) is 107 Å². The van der Waals surface area contributed by atoms with Crippen LogP contribution in [0.25, 0.3) is 0 Å².